The molecule has 0 unspecified atom stereocenters. The lowest BCUT2D eigenvalue weighted by Gasteiger charge is -2.20. The van der Waals surface area contributed by atoms with Crippen molar-refractivity contribution < 1.29 is 4.79 Å². The van der Waals surface area contributed by atoms with E-state index in [-0.39, 0.29) is 18.1 Å². The van der Waals surface area contributed by atoms with Gasteiger partial charge in [-0.25, -0.2) is 4.79 Å². The number of urea groups is 1. The zero-order valence-electron chi connectivity index (χ0n) is 14.3. The van der Waals surface area contributed by atoms with E-state index in [0.717, 1.165) is 29.2 Å². The molecule has 2 amide bonds. The molecule has 1 fully saturated rings. The topological polar surface area (TPSA) is 59.0 Å². The molecule has 2 atom stereocenters. The zero-order valence-corrected chi connectivity index (χ0v) is 15.1. The number of carbonyl (C=O) groups is 1. The van der Waals surface area contributed by atoms with Crippen LogP contribution in [-0.2, 0) is 0 Å². The van der Waals surface area contributed by atoms with E-state index >= 15 is 0 Å². The van der Waals surface area contributed by atoms with Gasteiger partial charge in [0.05, 0.1) is 17.1 Å². The quantitative estimate of drug-likeness (QED) is 0.864. The van der Waals surface area contributed by atoms with E-state index in [0.29, 0.717) is 5.25 Å². The Morgan fingerprint density at radius 2 is 2.14 bits per heavy atom. The number of nitrogens with zero attached hydrogens (tertiary/aromatic N) is 2. The molecule has 0 radical (unpaired) electrons. The summed E-state index contributed by atoms with van der Waals surface area (Å²) in [5.41, 5.74) is 2.71. The van der Waals surface area contributed by atoms with Crippen molar-refractivity contribution in [2.45, 2.75) is 71.2 Å². The SMILES string of the molecule is CCS[C@H]1CCC[C@H]1NC(=O)Nc1c(C)nn(C(C)C)c1C. The second-order valence-corrected chi connectivity index (χ2v) is 7.73. The predicted octanol–water partition coefficient (Wildman–Crippen LogP) is 3.88. The Balaban J connectivity index is 2.00. The molecule has 1 saturated carbocycles. The largest absolute Gasteiger partial charge is 0.334 e. The molecule has 0 aromatic carbocycles. The van der Waals surface area contributed by atoms with Crippen LogP contribution in [0.4, 0.5) is 10.5 Å². The molecule has 2 N–H and O–H groups in total. The number of aromatic nitrogens is 2. The van der Waals surface area contributed by atoms with Crippen molar-refractivity contribution in [3.8, 4) is 0 Å². The Morgan fingerprint density at radius 1 is 1.41 bits per heavy atom. The van der Waals surface area contributed by atoms with Gasteiger partial charge in [0.2, 0.25) is 0 Å². The Bertz CT molecular complexity index is 526. The number of hydrogen-bond acceptors (Lipinski definition) is 3. The first kappa shape index (κ1) is 17.2. The first-order chi connectivity index (χ1) is 10.4. The molecule has 0 aliphatic heterocycles. The third-order valence-electron chi connectivity index (χ3n) is 4.20. The maximum absolute atomic E-state index is 12.3. The predicted molar refractivity (Wildman–Crippen MR) is 93.8 cm³/mol. The lowest BCUT2D eigenvalue weighted by Crippen LogP contribution is -2.41. The summed E-state index contributed by atoms with van der Waals surface area (Å²) in [7, 11) is 0. The number of thioether (sulfide) groups is 1. The number of aryl methyl sites for hydroxylation is 1. The molecule has 1 aromatic heterocycles. The molecule has 0 saturated heterocycles. The molecule has 6 heteroatoms. The van der Waals surface area contributed by atoms with Crippen LogP contribution in [0, 0.1) is 13.8 Å². The van der Waals surface area contributed by atoms with Crippen molar-refractivity contribution in [3.05, 3.63) is 11.4 Å². The van der Waals surface area contributed by atoms with Crippen LogP contribution in [0.2, 0.25) is 0 Å². The average molecular weight is 324 g/mol. The van der Waals surface area contributed by atoms with Gasteiger partial charge in [0, 0.05) is 17.3 Å². The zero-order chi connectivity index (χ0) is 16.3. The first-order valence-electron chi connectivity index (χ1n) is 8.18. The minimum Gasteiger partial charge on any atom is -0.334 e. The van der Waals surface area contributed by atoms with Crippen molar-refractivity contribution in [1.29, 1.82) is 0 Å². The van der Waals surface area contributed by atoms with Gasteiger partial charge in [-0.2, -0.15) is 16.9 Å². The molecular weight excluding hydrogens is 296 g/mol. The molecule has 1 aliphatic rings. The van der Waals surface area contributed by atoms with Gasteiger partial charge in [-0.05, 0) is 46.3 Å². The van der Waals surface area contributed by atoms with Gasteiger partial charge in [0.25, 0.3) is 0 Å². The monoisotopic (exact) mass is 324 g/mol. The lowest BCUT2D eigenvalue weighted by molar-refractivity contribution is 0.249. The molecule has 1 aromatic rings. The van der Waals surface area contributed by atoms with Gasteiger partial charge in [0.15, 0.2) is 0 Å². The number of anilines is 1. The third-order valence-corrected chi connectivity index (χ3v) is 5.53. The molecule has 0 spiro atoms. The summed E-state index contributed by atoms with van der Waals surface area (Å²) in [5.74, 6) is 1.10. The third kappa shape index (κ3) is 3.77. The van der Waals surface area contributed by atoms with Crippen LogP contribution in [0.25, 0.3) is 0 Å². The summed E-state index contributed by atoms with van der Waals surface area (Å²) >= 11 is 1.95. The minimum atomic E-state index is -0.108. The van der Waals surface area contributed by atoms with Gasteiger partial charge < -0.3 is 10.6 Å². The molecule has 0 bridgehead atoms. The molecule has 5 nitrogen and oxygen atoms in total. The van der Waals surface area contributed by atoms with E-state index in [9.17, 15) is 4.79 Å². The van der Waals surface area contributed by atoms with E-state index < -0.39 is 0 Å². The van der Waals surface area contributed by atoms with E-state index in [1.54, 1.807) is 0 Å². The summed E-state index contributed by atoms with van der Waals surface area (Å²) in [6.45, 7) is 10.3. The molecule has 2 rings (SSSR count). The molecule has 1 aliphatic carbocycles. The smallest absolute Gasteiger partial charge is 0.319 e. The van der Waals surface area contributed by atoms with Gasteiger partial charge in [0.1, 0.15) is 0 Å². The van der Waals surface area contributed by atoms with Gasteiger partial charge >= 0.3 is 6.03 Å². The van der Waals surface area contributed by atoms with Gasteiger partial charge in [-0.15, -0.1) is 0 Å². The minimum absolute atomic E-state index is 0.108. The summed E-state index contributed by atoms with van der Waals surface area (Å²) < 4.78 is 1.95. The summed E-state index contributed by atoms with van der Waals surface area (Å²) in [5, 5.41) is 11.2. The number of hydrogen-bond donors (Lipinski definition) is 2. The summed E-state index contributed by atoms with van der Waals surface area (Å²) in [6, 6.07) is 0.464. The number of carbonyl (C=O) groups excluding carboxylic acids is 1. The highest BCUT2D eigenvalue weighted by Crippen LogP contribution is 2.30. The van der Waals surface area contributed by atoms with Crippen molar-refractivity contribution in [3.63, 3.8) is 0 Å². The molecular formula is C16H28N4OS. The second kappa shape index (κ2) is 7.40. The van der Waals surface area contributed by atoms with E-state index in [4.69, 9.17) is 0 Å². The highest BCUT2D eigenvalue weighted by atomic mass is 32.2. The summed E-state index contributed by atoms with van der Waals surface area (Å²) in [6.07, 6.45) is 3.48. The number of nitrogens with one attached hydrogen (secondary N) is 2. The van der Waals surface area contributed by atoms with Crippen LogP contribution in [0.15, 0.2) is 0 Å². The fraction of sp³-hybridized carbons (Fsp3) is 0.750. The molecule has 22 heavy (non-hydrogen) atoms. The fourth-order valence-corrected chi connectivity index (χ4v) is 4.37. The second-order valence-electron chi connectivity index (χ2n) is 6.21. The van der Waals surface area contributed by atoms with Crippen molar-refractivity contribution >= 4 is 23.5 Å². The number of amides is 2. The average Bonchev–Trinajstić information content (AvgIpc) is 2.99. The molecule has 124 valence electrons. The van der Waals surface area contributed by atoms with Crippen molar-refractivity contribution in [2.75, 3.05) is 11.1 Å². The summed E-state index contributed by atoms with van der Waals surface area (Å²) in [4.78, 5) is 12.3. The van der Waals surface area contributed by atoms with E-state index in [1.807, 2.05) is 30.3 Å². The lowest BCUT2D eigenvalue weighted by atomic mass is 10.2. The molecule has 1 heterocycles. The maximum atomic E-state index is 12.3. The highest BCUT2D eigenvalue weighted by Gasteiger charge is 2.28. The first-order valence-corrected chi connectivity index (χ1v) is 9.23. The Kier molecular flexibility index (Phi) is 5.78. The van der Waals surface area contributed by atoms with Crippen molar-refractivity contribution in [1.82, 2.24) is 15.1 Å². The fourth-order valence-electron chi connectivity index (χ4n) is 3.17. The number of rotatable bonds is 5. The van der Waals surface area contributed by atoms with Crippen LogP contribution < -0.4 is 10.6 Å². The Hall–Kier alpha value is -1.17. The normalized spacial score (nSPS) is 21.4. The standard InChI is InChI=1S/C16H28N4OS/c1-6-22-14-9-7-8-13(14)17-16(21)18-15-11(4)19-20(10(2)3)12(15)5/h10,13-14H,6-9H2,1-5H3,(H2,17,18,21)/t13-,14+/m1/s1. The van der Waals surface area contributed by atoms with Crippen molar-refractivity contribution in [2.24, 2.45) is 0 Å². The van der Waals surface area contributed by atoms with E-state index in [1.165, 1.54) is 12.8 Å². The maximum Gasteiger partial charge on any atom is 0.319 e. The van der Waals surface area contributed by atoms with Crippen LogP contribution in [0.1, 0.15) is 57.5 Å². The van der Waals surface area contributed by atoms with E-state index in [2.05, 4.69) is 36.5 Å². The van der Waals surface area contributed by atoms with Crippen LogP contribution in [-0.4, -0.2) is 32.9 Å². The van der Waals surface area contributed by atoms with Gasteiger partial charge in [-0.1, -0.05) is 13.3 Å². The Labute approximate surface area is 137 Å². The van der Waals surface area contributed by atoms with Gasteiger partial charge in [-0.3, -0.25) is 4.68 Å². The highest BCUT2D eigenvalue weighted by molar-refractivity contribution is 7.99. The Morgan fingerprint density at radius 3 is 2.73 bits per heavy atom. The van der Waals surface area contributed by atoms with Crippen LogP contribution in [0.5, 0.6) is 0 Å². The van der Waals surface area contributed by atoms with Crippen LogP contribution in [0.3, 0.4) is 0 Å². The van der Waals surface area contributed by atoms with Crippen LogP contribution >= 0.6 is 11.8 Å².